The second-order valence-electron chi connectivity index (χ2n) is 4.27. The van der Waals surface area contributed by atoms with E-state index in [2.05, 4.69) is 51.0 Å². The van der Waals surface area contributed by atoms with Gasteiger partial charge in [-0.25, -0.2) is 0 Å². The van der Waals surface area contributed by atoms with Gasteiger partial charge >= 0.3 is 82.5 Å². The van der Waals surface area contributed by atoms with Gasteiger partial charge in [0, 0.05) is 0 Å². The van der Waals surface area contributed by atoms with E-state index in [1.165, 1.54) is 6.54 Å². The maximum atomic E-state index is 2.69. The molecule has 12 heavy (non-hydrogen) atoms. The van der Waals surface area contributed by atoms with Gasteiger partial charge in [0.25, 0.3) is 0 Å². The second-order valence-corrected chi connectivity index (χ2v) is 17.0. The van der Waals surface area contributed by atoms with Crippen LogP contribution in [0.2, 0.25) is 9.88 Å². The summed E-state index contributed by atoms with van der Waals surface area (Å²) in [5, 5.41) is 0. The molecule has 0 aliphatic carbocycles. The predicted molar refractivity (Wildman–Crippen MR) is 58.7 cm³/mol. The van der Waals surface area contributed by atoms with Crippen molar-refractivity contribution >= 4 is 18.9 Å². The van der Waals surface area contributed by atoms with Gasteiger partial charge in [0.15, 0.2) is 0 Å². The first-order chi connectivity index (χ1) is 5.34. The molecule has 0 aromatic rings. The Morgan fingerprint density at radius 1 is 1.17 bits per heavy atom. The Kier molecular flexibility index (Phi) is 5.11. The van der Waals surface area contributed by atoms with Crippen LogP contribution in [-0.2, 0) is 0 Å². The van der Waals surface area contributed by atoms with Crippen LogP contribution in [0.1, 0.15) is 20.8 Å². The van der Waals surface area contributed by atoms with Crippen LogP contribution in [0, 0.1) is 0 Å². The van der Waals surface area contributed by atoms with Crippen molar-refractivity contribution in [3.05, 3.63) is 0 Å². The van der Waals surface area contributed by atoms with Crippen LogP contribution >= 0.6 is 0 Å². The van der Waals surface area contributed by atoms with E-state index in [-0.39, 0.29) is 0 Å². The molecule has 0 N–H and O–H groups in total. The molecular weight excluding hydrogens is 255 g/mol. The minimum absolute atomic E-state index is 0.697. The summed E-state index contributed by atoms with van der Waals surface area (Å²) in [6, 6.07) is 0.697. The number of hydrogen-bond acceptors (Lipinski definition) is 2. The third kappa shape index (κ3) is 2.89. The third-order valence-corrected chi connectivity index (χ3v) is 15.4. The Morgan fingerprint density at radius 2 is 1.58 bits per heavy atom. The number of rotatable bonds is 4. The predicted octanol–water partition coefficient (Wildman–Crippen LogP) is 1.98. The fourth-order valence-electron chi connectivity index (χ4n) is 1.64. The second kappa shape index (κ2) is 4.82. The van der Waals surface area contributed by atoms with Crippen molar-refractivity contribution in [1.29, 1.82) is 0 Å². The molecule has 0 unspecified atom stereocenters. The first-order valence-corrected chi connectivity index (χ1v) is 13.0. The van der Waals surface area contributed by atoms with Crippen LogP contribution in [0.4, 0.5) is 0 Å². The van der Waals surface area contributed by atoms with Gasteiger partial charge in [0.2, 0.25) is 0 Å². The first kappa shape index (κ1) is 12.7. The third-order valence-electron chi connectivity index (χ3n) is 2.76. The zero-order valence-electron chi connectivity index (χ0n) is 9.68. The molecule has 0 saturated carbocycles. The standard InChI is InChI=1S/C5H12N.C2H6N.2CH3.Sn/c1-4-6-5(2)3;1-3-2;;;/h5H,4H2,1-3H3;1-2H3;2*1H3;/q2*-1;;;+2. The van der Waals surface area contributed by atoms with Crippen molar-refractivity contribution in [1.82, 2.24) is 6.24 Å². The van der Waals surface area contributed by atoms with Gasteiger partial charge in [-0.1, -0.05) is 0 Å². The molecule has 0 spiro atoms. The van der Waals surface area contributed by atoms with Gasteiger partial charge in [-0.3, -0.25) is 0 Å². The van der Waals surface area contributed by atoms with Crippen LogP contribution in [-0.4, -0.2) is 51.8 Å². The summed E-state index contributed by atoms with van der Waals surface area (Å²) in [7, 11) is 4.45. The van der Waals surface area contributed by atoms with E-state index in [0.717, 1.165) is 0 Å². The molecule has 0 saturated heterocycles. The van der Waals surface area contributed by atoms with Crippen LogP contribution in [0.15, 0.2) is 0 Å². The van der Waals surface area contributed by atoms with E-state index in [1.54, 1.807) is 0 Å². The fourth-order valence-corrected chi connectivity index (χ4v) is 8.92. The molecule has 0 radical (unpaired) electrons. The van der Waals surface area contributed by atoms with E-state index in [0.29, 0.717) is 6.04 Å². The topological polar surface area (TPSA) is 6.48 Å². The van der Waals surface area contributed by atoms with Gasteiger partial charge in [0.05, 0.1) is 0 Å². The molecule has 0 rings (SSSR count). The normalized spacial score (nSPS) is 13.5. The molecule has 0 heterocycles. The van der Waals surface area contributed by atoms with Gasteiger partial charge in [-0.2, -0.15) is 0 Å². The van der Waals surface area contributed by atoms with Crippen LogP contribution in [0.25, 0.3) is 0 Å². The molecule has 0 aliphatic rings. The molecule has 0 bridgehead atoms. The summed E-state index contributed by atoms with van der Waals surface area (Å²) in [5.41, 5.74) is 0. The van der Waals surface area contributed by atoms with Gasteiger partial charge < -0.3 is 0 Å². The van der Waals surface area contributed by atoms with E-state index < -0.39 is 18.9 Å². The molecule has 0 aromatic carbocycles. The quantitative estimate of drug-likeness (QED) is 0.726. The van der Waals surface area contributed by atoms with E-state index in [4.69, 9.17) is 0 Å². The molecule has 0 atom stereocenters. The van der Waals surface area contributed by atoms with Crippen molar-refractivity contribution in [2.24, 2.45) is 0 Å². The van der Waals surface area contributed by atoms with Gasteiger partial charge in [-0.05, 0) is 0 Å². The van der Waals surface area contributed by atoms with E-state index in [9.17, 15) is 0 Å². The first-order valence-electron chi connectivity index (χ1n) is 4.78. The summed E-state index contributed by atoms with van der Waals surface area (Å²) >= 11 is -2.06. The van der Waals surface area contributed by atoms with Crippen molar-refractivity contribution in [2.45, 2.75) is 36.7 Å². The average Bonchev–Trinajstić information content (AvgIpc) is 1.86. The van der Waals surface area contributed by atoms with Crippen LogP contribution in [0.3, 0.4) is 0 Å². The summed E-state index contributed by atoms with van der Waals surface area (Å²) < 4.78 is 5.16. The Bertz CT molecular complexity index is 132. The Hall–Kier alpha value is 0.719. The van der Waals surface area contributed by atoms with E-state index in [1.807, 2.05) is 0 Å². The molecular formula is C9H24N2Sn. The van der Waals surface area contributed by atoms with Crippen molar-refractivity contribution in [3.63, 3.8) is 0 Å². The SMILES string of the molecule is CC[N](C(C)C)[Sn]([CH3])([CH3])[N](C)C. The molecule has 0 aromatic heterocycles. The number of nitrogens with zero attached hydrogens (tertiary/aromatic N) is 2. The molecule has 0 aliphatic heterocycles. The van der Waals surface area contributed by atoms with Crippen molar-refractivity contribution < 1.29 is 0 Å². The Labute approximate surface area is 82.5 Å². The average molecular weight is 279 g/mol. The summed E-state index contributed by atoms with van der Waals surface area (Å²) in [6.45, 7) is 8.05. The zero-order valence-corrected chi connectivity index (χ0v) is 12.5. The minimum atomic E-state index is -2.06. The molecule has 74 valence electrons. The van der Waals surface area contributed by atoms with Crippen LogP contribution < -0.4 is 0 Å². The monoisotopic (exact) mass is 280 g/mol. The molecule has 2 nitrogen and oxygen atoms in total. The van der Waals surface area contributed by atoms with Crippen molar-refractivity contribution in [2.75, 3.05) is 20.6 Å². The van der Waals surface area contributed by atoms with Gasteiger partial charge in [0.1, 0.15) is 0 Å². The fraction of sp³-hybridized carbons (Fsp3) is 1.00. The van der Waals surface area contributed by atoms with E-state index >= 15 is 0 Å². The van der Waals surface area contributed by atoms with Crippen LogP contribution in [0.5, 0.6) is 0 Å². The summed E-state index contributed by atoms with van der Waals surface area (Å²) in [4.78, 5) is 4.94. The Morgan fingerprint density at radius 3 is 1.67 bits per heavy atom. The zero-order chi connectivity index (χ0) is 9.94. The number of hydrogen-bond donors (Lipinski definition) is 0. The summed E-state index contributed by atoms with van der Waals surface area (Å²) in [6.07, 6.45) is 0. The molecule has 0 amide bonds. The van der Waals surface area contributed by atoms with Gasteiger partial charge in [-0.15, -0.1) is 0 Å². The van der Waals surface area contributed by atoms with Crippen molar-refractivity contribution in [3.8, 4) is 0 Å². The summed E-state index contributed by atoms with van der Waals surface area (Å²) in [5.74, 6) is 0. The Balaban J connectivity index is 4.47. The maximum absolute atomic E-state index is 2.69. The molecule has 0 fully saturated rings. The molecule has 3 heteroatoms.